The van der Waals surface area contributed by atoms with Gasteiger partial charge >= 0.3 is 0 Å². The van der Waals surface area contributed by atoms with Crippen molar-refractivity contribution in [2.75, 3.05) is 0 Å². The van der Waals surface area contributed by atoms with Crippen molar-refractivity contribution in [1.82, 2.24) is 24.9 Å². The molecular weight excluding hydrogens is 418 g/mol. The van der Waals surface area contributed by atoms with Gasteiger partial charge in [0.1, 0.15) is 0 Å². The summed E-state index contributed by atoms with van der Waals surface area (Å²) in [6.45, 7) is 11.9. The van der Waals surface area contributed by atoms with Crippen molar-refractivity contribution in [3.63, 3.8) is 0 Å². The fraction of sp³-hybridized carbons (Fsp3) is 0.138. The van der Waals surface area contributed by atoms with Gasteiger partial charge < -0.3 is 0 Å². The van der Waals surface area contributed by atoms with Gasteiger partial charge in [-0.1, -0.05) is 18.7 Å². The van der Waals surface area contributed by atoms with E-state index in [0.717, 1.165) is 27.2 Å². The number of nitrogens with zero attached hydrogens (tertiary/aromatic N) is 5. The summed E-state index contributed by atoms with van der Waals surface area (Å²) in [5.74, 6) is 0. The Hall–Kier alpha value is -4.25. The Morgan fingerprint density at radius 1 is 0.765 bits per heavy atom. The molecule has 0 amide bonds. The second kappa shape index (κ2) is 12.1. The smallest absolute Gasteiger partial charge is 0.0735 e. The van der Waals surface area contributed by atoms with Crippen molar-refractivity contribution < 1.29 is 0 Å². The molecular formula is C29H29N5. The van der Waals surface area contributed by atoms with Gasteiger partial charge in [-0.2, -0.15) is 0 Å². The summed E-state index contributed by atoms with van der Waals surface area (Å²) >= 11 is 0. The van der Waals surface area contributed by atoms with E-state index in [2.05, 4.69) is 51.4 Å². The van der Waals surface area contributed by atoms with Crippen molar-refractivity contribution >= 4 is 33.3 Å². The molecule has 0 unspecified atom stereocenters. The maximum absolute atomic E-state index is 4.20. The van der Waals surface area contributed by atoms with Crippen LogP contribution in [0.25, 0.3) is 33.3 Å². The van der Waals surface area contributed by atoms with Crippen molar-refractivity contribution in [3.8, 4) is 0 Å². The van der Waals surface area contributed by atoms with E-state index < -0.39 is 0 Å². The minimum Gasteiger partial charge on any atom is -0.264 e. The summed E-state index contributed by atoms with van der Waals surface area (Å²) in [5, 5.41) is 5.84. The van der Waals surface area contributed by atoms with Crippen molar-refractivity contribution in [2.24, 2.45) is 0 Å². The zero-order valence-corrected chi connectivity index (χ0v) is 20.1. The number of pyridine rings is 5. The van der Waals surface area contributed by atoms with E-state index in [4.69, 9.17) is 0 Å². The van der Waals surface area contributed by atoms with Crippen LogP contribution in [0.4, 0.5) is 0 Å². The van der Waals surface area contributed by atoms with Crippen LogP contribution in [0.1, 0.15) is 25.1 Å². The van der Waals surface area contributed by atoms with E-state index in [-0.39, 0.29) is 0 Å². The van der Waals surface area contributed by atoms with Crippen molar-refractivity contribution in [3.05, 3.63) is 114 Å². The number of aromatic nitrogens is 5. The zero-order valence-electron chi connectivity index (χ0n) is 20.1. The molecule has 5 heterocycles. The molecule has 170 valence electrons. The Labute approximate surface area is 200 Å². The van der Waals surface area contributed by atoms with E-state index in [1.54, 1.807) is 24.8 Å². The maximum Gasteiger partial charge on any atom is 0.0735 e. The summed E-state index contributed by atoms with van der Waals surface area (Å²) in [6, 6.07) is 9.87. The highest BCUT2D eigenvalue weighted by Crippen LogP contribution is 2.13. The molecule has 5 heteroatoms. The highest BCUT2D eigenvalue weighted by Gasteiger charge is 1.95. The Morgan fingerprint density at radius 2 is 1.47 bits per heavy atom. The third-order valence-electron chi connectivity index (χ3n) is 5.42. The van der Waals surface area contributed by atoms with E-state index >= 15 is 0 Å². The number of allylic oxidation sites excluding steroid dienone is 1. The SMILES string of the molecule is C=C/C(C)=c1/ccnc/c1=C/C.Cc1ccnc2ccncc12.Cc1nccc2cnccc12. The molecule has 0 aliphatic rings. The van der Waals surface area contributed by atoms with Gasteiger partial charge in [0.05, 0.1) is 5.52 Å². The molecule has 5 nitrogen and oxygen atoms in total. The highest BCUT2D eigenvalue weighted by atomic mass is 14.7. The molecule has 5 aromatic rings. The second-order valence-electron chi connectivity index (χ2n) is 7.65. The van der Waals surface area contributed by atoms with Crippen molar-refractivity contribution in [2.45, 2.75) is 27.7 Å². The molecule has 0 radical (unpaired) electrons. The first kappa shape index (κ1) is 24.4. The molecule has 0 spiro atoms. The van der Waals surface area contributed by atoms with Gasteiger partial charge in [0.2, 0.25) is 0 Å². The molecule has 34 heavy (non-hydrogen) atoms. The number of fused-ring (bicyclic) bond motifs is 2. The van der Waals surface area contributed by atoms with Crippen LogP contribution < -0.4 is 10.4 Å². The molecule has 0 N–H and O–H groups in total. The summed E-state index contributed by atoms with van der Waals surface area (Å²) in [5.41, 5.74) is 4.48. The predicted molar refractivity (Wildman–Crippen MR) is 141 cm³/mol. The maximum atomic E-state index is 4.20. The van der Waals surface area contributed by atoms with Gasteiger partial charge in [0, 0.05) is 71.4 Å². The van der Waals surface area contributed by atoms with Crippen molar-refractivity contribution in [1.29, 1.82) is 0 Å². The van der Waals surface area contributed by atoms with Gasteiger partial charge in [-0.05, 0) is 79.6 Å². The molecule has 0 fully saturated rings. The van der Waals surface area contributed by atoms with Gasteiger partial charge in [-0.15, -0.1) is 0 Å². The van der Waals surface area contributed by atoms with E-state index in [1.807, 2.05) is 75.0 Å². The Kier molecular flexibility index (Phi) is 8.69. The van der Waals surface area contributed by atoms with Gasteiger partial charge in [-0.3, -0.25) is 24.9 Å². The molecule has 0 aromatic carbocycles. The minimum absolute atomic E-state index is 1.01. The molecule has 0 aliphatic heterocycles. The Bertz CT molecular complexity index is 1440. The highest BCUT2D eigenvalue weighted by molar-refractivity contribution is 5.83. The molecule has 0 bridgehead atoms. The Morgan fingerprint density at radius 3 is 2.21 bits per heavy atom. The number of aryl methyl sites for hydroxylation is 2. The van der Waals surface area contributed by atoms with Crippen LogP contribution >= 0.6 is 0 Å². The lowest BCUT2D eigenvalue weighted by Crippen LogP contribution is -2.25. The van der Waals surface area contributed by atoms with Crippen LogP contribution in [0.3, 0.4) is 0 Å². The summed E-state index contributed by atoms with van der Waals surface area (Å²) < 4.78 is 0. The average molecular weight is 448 g/mol. The average Bonchev–Trinajstić information content (AvgIpc) is 2.89. The van der Waals surface area contributed by atoms with Gasteiger partial charge in [-0.25, -0.2) is 0 Å². The lowest BCUT2D eigenvalue weighted by molar-refractivity contribution is 1.23. The largest absolute Gasteiger partial charge is 0.264 e. The quantitative estimate of drug-likeness (QED) is 0.357. The van der Waals surface area contributed by atoms with Crippen LogP contribution in [0, 0.1) is 13.8 Å². The monoisotopic (exact) mass is 447 g/mol. The number of hydrogen-bond acceptors (Lipinski definition) is 5. The van der Waals surface area contributed by atoms with E-state index in [0.29, 0.717) is 0 Å². The lowest BCUT2D eigenvalue weighted by atomic mass is 10.2. The lowest BCUT2D eigenvalue weighted by Gasteiger charge is -1.97. The third-order valence-corrected chi connectivity index (χ3v) is 5.42. The summed E-state index contributed by atoms with van der Waals surface area (Å²) in [4.78, 5) is 20.5. The number of hydrogen-bond donors (Lipinski definition) is 0. The van der Waals surface area contributed by atoms with Crippen LogP contribution in [-0.2, 0) is 0 Å². The van der Waals surface area contributed by atoms with E-state index in [1.165, 1.54) is 21.7 Å². The molecule has 5 rings (SSSR count). The molecule has 0 aliphatic carbocycles. The molecule has 0 saturated carbocycles. The molecule has 0 atom stereocenters. The van der Waals surface area contributed by atoms with Gasteiger partial charge in [0.15, 0.2) is 0 Å². The minimum atomic E-state index is 1.01. The fourth-order valence-electron chi connectivity index (χ4n) is 3.40. The van der Waals surface area contributed by atoms with Crippen LogP contribution in [0.2, 0.25) is 0 Å². The first-order chi connectivity index (χ1) is 16.5. The predicted octanol–water partition coefficient (Wildman–Crippen LogP) is 5.12. The van der Waals surface area contributed by atoms with Crippen LogP contribution in [0.15, 0.2) is 92.6 Å². The normalized spacial score (nSPS) is 11.7. The third kappa shape index (κ3) is 6.17. The standard InChI is InChI=1S/C11H13N.2C9H8N2/c1-4-9(3)11-6-7-12-8-10(11)5-2;1-7-9-3-4-10-6-8(9)2-5-11-7;1-7-2-5-11-9-3-4-10-6-8(7)9/h4-8H,1H2,2-3H3;2*2-6H,1H3/b10-5-,11-9-;;. The first-order valence-electron chi connectivity index (χ1n) is 11.1. The van der Waals surface area contributed by atoms with E-state index in [9.17, 15) is 0 Å². The molecule has 5 aromatic heterocycles. The second-order valence-corrected chi connectivity index (χ2v) is 7.65. The fourth-order valence-corrected chi connectivity index (χ4v) is 3.40. The zero-order chi connectivity index (χ0) is 24.3. The van der Waals surface area contributed by atoms with Crippen LogP contribution in [0.5, 0.6) is 0 Å². The summed E-state index contributed by atoms with van der Waals surface area (Å²) in [6.07, 6.45) is 18.4. The Balaban J connectivity index is 0.000000143. The van der Waals surface area contributed by atoms with Gasteiger partial charge in [0.25, 0.3) is 0 Å². The first-order valence-corrected chi connectivity index (χ1v) is 11.1. The number of rotatable bonds is 1. The summed E-state index contributed by atoms with van der Waals surface area (Å²) in [7, 11) is 0. The topological polar surface area (TPSA) is 64.5 Å². The molecule has 0 saturated heterocycles. The van der Waals surface area contributed by atoms with Crippen LogP contribution in [-0.4, -0.2) is 24.9 Å².